The Balaban J connectivity index is 2.41. The number of Topliss-reactive ketones (excluding diaryl/α,β-unsaturated/α-hetero) is 1. The third kappa shape index (κ3) is 1.97. The van der Waals surface area contributed by atoms with Crippen molar-refractivity contribution in [1.82, 2.24) is 15.2 Å². The van der Waals surface area contributed by atoms with Gasteiger partial charge in [0.05, 0.1) is 10.7 Å². The maximum absolute atomic E-state index is 11.8. The van der Waals surface area contributed by atoms with Crippen molar-refractivity contribution in [3.63, 3.8) is 0 Å². The molecule has 2 aromatic heterocycles. The van der Waals surface area contributed by atoms with Crippen molar-refractivity contribution in [2.45, 2.75) is 0 Å². The number of halogens is 2. The fourth-order valence-electron chi connectivity index (χ4n) is 2.11. The fraction of sp³-hybridized carbons (Fsp3) is 0. The van der Waals surface area contributed by atoms with E-state index in [9.17, 15) is 9.59 Å². The van der Waals surface area contributed by atoms with Crippen molar-refractivity contribution < 1.29 is 9.59 Å². The molecule has 3 rings (SSSR count). The average Bonchev–Trinajstić information content (AvgIpc) is 3.05. The first-order valence-corrected chi connectivity index (χ1v) is 6.79. The Bertz CT molecular complexity index is 824. The summed E-state index contributed by atoms with van der Waals surface area (Å²) in [6.07, 6.45) is 1.85. The van der Waals surface area contributed by atoms with Gasteiger partial charge in [0.15, 0.2) is 6.29 Å². The van der Waals surface area contributed by atoms with E-state index in [1.807, 2.05) is 0 Å². The van der Waals surface area contributed by atoms with Gasteiger partial charge >= 0.3 is 0 Å². The topological polar surface area (TPSA) is 78.6 Å². The average molecular weight is 353 g/mol. The van der Waals surface area contributed by atoms with E-state index in [0.717, 1.165) is 5.39 Å². The lowest BCUT2D eigenvalue weighted by Gasteiger charge is -2.00. The second-order valence-electron chi connectivity index (χ2n) is 4.14. The van der Waals surface area contributed by atoms with Crippen LogP contribution >= 0.6 is 27.5 Å². The second-order valence-corrected chi connectivity index (χ2v) is 5.40. The SMILES string of the molecule is O=CC(=O)c1[nH]c2cc(Br)c(Cl)cc2c1-c1ccn[nH]1. The van der Waals surface area contributed by atoms with Crippen LogP contribution in [0.25, 0.3) is 22.2 Å². The van der Waals surface area contributed by atoms with Gasteiger partial charge in [-0.1, -0.05) is 11.6 Å². The lowest BCUT2D eigenvalue weighted by atomic mass is 10.1. The molecular formula is C13H7BrClN3O2. The quantitative estimate of drug-likeness (QED) is 0.431. The molecule has 0 aliphatic heterocycles. The van der Waals surface area contributed by atoms with E-state index in [4.69, 9.17) is 11.6 Å². The number of nitrogens with one attached hydrogen (secondary N) is 2. The first-order valence-electron chi connectivity index (χ1n) is 5.61. The predicted molar refractivity (Wildman–Crippen MR) is 79.0 cm³/mol. The number of benzene rings is 1. The smallest absolute Gasteiger partial charge is 0.242 e. The van der Waals surface area contributed by atoms with E-state index >= 15 is 0 Å². The van der Waals surface area contributed by atoms with Crippen molar-refractivity contribution in [1.29, 1.82) is 0 Å². The molecule has 0 aliphatic rings. The largest absolute Gasteiger partial charge is 0.351 e. The molecule has 100 valence electrons. The molecule has 5 nitrogen and oxygen atoms in total. The van der Waals surface area contributed by atoms with Crippen LogP contribution in [0.15, 0.2) is 28.9 Å². The molecule has 0 atom stereocenters. The van der Waals surface area contributed by atoms with Gasteiger partial charge in [0, 0.05) is 27.1 Å². The lowest BCUT2D eigenvalue weighted by Crippen LogP contribution is -2.02. The molecule has 0 bridgehead atoms. The lowest BCUT2D eigenvalue weighted by molar-refractivity contribution is -0.104. The molecule has 7 heteroatoms. The molecule has 0 saturated heterocycles. The molecule has 1 aromatic carbocycles. The number of fused-ring (bicyclic) bond motifs is 1. The van der Waals surface area contributed by atoms with Crippen molar-refractivity contribution in [2.75, 3.05) is 0 Å². The molecule has 0 saturated carbocycles. The van der Waals surface area contributed by atoms with Gasteiger partial charge in [-0.25, -0.2) is 0 Å². The van der Waals surface area contributed by atoms with Gasteiger partial charge in [-0.05, 0) is 34.1 Å². The van der Waals surface area contributed by atoms with Gasteiger partial charge in [0.1, 0.15) is 5.69 Å². The first kappa shape index (κ1) is 13.1. The number of H-pyrrole nitrogens is 2. The standard InChI is InChI=1S/C13H7BrClN3O2/c14-7-4-10-6(3-8(7)15)12(9-1-2-16-18-9)13(17-10)11(20)5-19/h1-5,17H,(H,16,18). The highest BCUT2D eigenvalue weighted by Gasteiger charge is 2.20. The van der Waals surface area contributed by atoms with Crippen molar-refractivity contribution in [3.8, 4) is 11.3 Å². The van der Waals surface area contributed by atoms with Gasteiger partial charge in [0.25, 0.3) is 0 Å². The summed E-state index contributed by atoms with van der Waals surface area (Å²) >= 11 is 9.43. The fourth-order valence-corrected chi connectivity index (χ4v) is 2.61. The molecule has 3 aromatic rings. The molecule has 0 unspecified atom stereocenters. The summed E-state index contributed by atoms with van der Waals surface area (Å²) in [6.45, 7) is 0. The van der Waals surface area contributed by atoms with Crippen LogP contribution in [0.2, 0.25) is 5.02 Å². The molecule has 0 aliphatic carbocycles. The third-order valence-electron chi connectivity index (χ3n) is 2.96. The van der Waals surface area contributed by atoms with Gasteiger partial charge < -0.3 is 4.98 Å². The highest BCUT2D eigenvalue weighted by atomic mass is 79.9. The van der Waals surface area contributed by atoms with Gasteiger partial charge in [-0.3, -0.25) is 14.7 Å². The highest BCUT2D eigenvalue weighted by molar-refractivity contribution is 9.10. The van der Waals surface area contributed by atoms with Crippen LogP contribution in [-0.4, -0.2) is 27.3 Å². The molecule has 0 radical (unpaired) electrons. The van der Waals surface area contributed by atoms with Crippen LogP contribution in [0.5, 0.6) is 0 Å². The third-order valence-corrected chi connectivity index (χ3v) is 4.16. The molecule has 20 heavy (non-hydrogen) atoms. The molecule has 0 spiro atoms. The maximum Gasteiger partial charge on any atom is 0.242 e. The number of hydrogen-bond acceptors (Lipinski definition) is 3. The van der Waals surface area contributed by atoms with Crippen molar-refractivity contribution >= 4 is 50.5 Å². The number of ketones is 1. The van der Waals surface area contributed by atoms with Crippen molar-refractivity contribution in [2.24, 2.45) is 0 Å². The van der Waals surface area contributed by atoms with Gasteiger partial charge in [0.2, 0.25) is 5.78 Å². The molecule has 2 N–H and O–H groups in total. The number of aromatic nitrogens is 3. The minimum atomic E-state index is -0.627. The summed E-state index contributed by atoms with van der Waals surface area (Å²) in [7, 11) is 0. The minimum absolute atomic E-state index is 0.216. The monoisotopic (exact) mass is 351 g/mol. The number of rotatable bonds is 3. The zero-order valence-electron chi connectivity index (χ0n) is 9.91. The van der Waals surface area contributed by atoms with Crippen LogP contribution in [0.3, 0.4) is 0 Å². The van der Waals surface area contributed by atoms with Crippen LogP contribution in [-0.2, 0) is 4.79 Å². The van der Waals surface area contributed by atoms with Crippen LogP contribution < -0.4 is 0 Å². The number of carbonyl (C=O) groups excluding carboxylic acids is 2. The summed E-state index contributed by atoms with van der Waals surface area (Å²) in [5.41, 5.74) is 2.15. The number of hydrogen-bond donors (Lipinski definition) is 2. The van der Waals surface area contributed by atoms with E-state index in [1.165, 1.54) is 0 Å². The summed E-state index contributed by atoms with van der Waals surface area (Å²) in [5.74, 6) is -0.627. The Labute approximate surface area is 126 Å². The summed E-state index contributed by atoms with van der Waals surface area (Å²) in [5, 5.41) is 7.92. The predicted octanol–water partition coefficient (Wildman–Crippen LogP) is 3.36. The normalized spacial score (nSPS) is 10.9. The Morgan fingerprint density at radius 2 is 2.20 bits per heavy atom. The number of nitrogens with zero attached hydrogens (tertiary/aromatic N) is 1. The number of carbonyl (C=O) groups is 2. The maximum atomic E-state index is 11.8. The zero-order valence-corrected chi connectivity index (χ0v) is 12.2. The Morgan fingerprint density at radius 1 is 1.40 bits per heavy atom. The summed E-state index contributed by atoms with van der Waals surface area (Å²) in [6, 6.07) is 5.22. The van der Waals surface area contributed by atoms with E-state index in [1.54, 1.807) is 24.4 Å². The number of aldehydes is 1. The summed E-state index contributed by atoms with van der Waals surface area (Å²) in [4.78, 5) is 25.6. The first-order chi connectivity index (χ1) is 9.61. The van der Waals surface area contributed by atoms with Crippen molar-refractivity contribution in [3.05, 3.63) is 39.6 Å². The molecule has 2 heterocycles. The minimum Gasteiger partial charge on any atom is -0.351 e. The highest BCUT2D eigenvalue weighted by Crippen LogP contribution is 2.36. The van der Waals surface area contributed by atoms with Crippen LogP contribution in [0.4, 0.5) is 0 Å². The Kier molecular flexibility index (Phi) is 3.19. The zero-order chi connectivity index (χ0) is 14.3. The molecular weight excluding hydrogens is 346 g/mol. The van der Waals surface area contributed by atoms with Crippen LogP contribution in [0, 0.1) is 0 Å². The van der Waals surface area contributed by atoms with E-state index in [0.29, 0.717) is 26.3 Å². The van der Waals surface area contributed by atoms with E-state index < -0.39 is 5.78 Å². The Hall–Kier alpha value is -1.92. The van der Waals surface area contributed by atoms with Crippen LogP contribution in [0.1, 0.15) is 10.5 Å². The molecule has 0 amide bonds. The van der Waals surface area contributed by atoms with Gasteiger partial charge in [-0.15, -0.1) is 0 Å². The second kappa shape index (κ2) is 4.88. The van der Waals surface area contributed by atoms with E-state index in [-0.39, 0.29) is 12.0 Å². The summed E-state index contributed by atoms with van der Waals surface area (Å²) < 4.78 is 0.703. The van der Waals surface area contributed by atoms with E-state index in [2.05, 4.69) is 31.1 Å². The number of aromatic amines is 2. The Morgan fingerprint density at radius 3 is 2.85 bits per heavy atom. The molecule has 0 fully saturated rings. The van der Waals surface area contributed by atoms with Gasteiger partial charge in [-0.2, -0.15) is 5.10 Å².